The molecule has 66 valence electrons. The van der Waals surface area contributed by atoms with Crippen molar-refractivity contribution >= 4 is 33.2 Å². The summed E-state index contributed by atoms with van der Waals surface area (Å²) in [5.74, 6) is -0.312. The van der Waals surface area contributed by atoms with Crippen LogP contribution in [-0.2, 0) is 4.84 Å². The fraction of sp³-hybridized carbons (Fsp3) is 0.333. The van der Waals surface area contributed by atoms with E-state index < -0.39 is 0 Å². The highest BCUT2D eigenvalue weighted by atomic mass is 79.9. The fourth-order valence-electron chi connectivity index (χ4n) is 0.540. The molecule has 1 aromatic heterocycles. The van der Waals surface area contributed by atoms with Crippen LogP contribution >= 0.6 is 27.3 Å². The van der Waals surface area contributed by atoms with Gasteiger partial charge in [-0.05, 0) is 22.9 Å². The lowest BCUT2D eigenvalue weighted by Gasteiger charge is -1.98. The first kappa shape index (κ1) is 9.63. The van der Waals surface area contributed by atoms with Gasteiger partial charge in [0.25, 0.3) is 0 Å². The van der Waals surface area contributed by atoms with E-state index in [-0.39, 0.29) is 5.91 Å². The summed E-state index contributed by atoms with van der Waals surface area (Å²) in [7, 11) is 0. The van der Waals surface area contributed by atoms with Gasteiger partial charge in [-0.2, -0.15) is 0 Å². The first-order chi connectivity index (χ1) is 5.74. The Balaban J connectivity index is 2.53. The van der Waals surface area contributed by atoms with Crippen LogP contribution in [0.1, 0.15) is 16.7 Å². The summed E-state index contributed by atoms with van der Waals surface area (Å²) < 4.78 is 0.661. The van der Waals surface area contributed by atoms with Crippen molar-refractivity contribution < 1.29 is 9.63 Å². The maximum Gasteiger partial charge on any atom is 0.303 e. The van der Waals surface area contributed by atoms with Gasteiger partial charge in [0.15, 0.2) is 5.01 Å². The monoisotopic (exact) mass is 250 g/mol. The van der Waals surface area contributed by atoms with Crippen LogP contribution in [0, 0.1) is 0 Å². The van der Waals surface area contributed by atoms with E-state index in [1.807, 2.05) is 0 Å². The number of carbonyl (C=O) groups is 1. The molecule has 0 fully saturated rings. The zero-order chi connectivity index (χ0) is 8.97. The molecule has 1 aromatic rings. The summed E-state index contributed by atoms with van der Waals surface area (Å²) in [6.45, 7) is 2.23. The average molecular weight is 251 g/mol. The van der Waals surface area contributed by atoms with Crippen LogP contribution in [0.4, 0.5) is 0 Å². The summed E-state index contributed by atoms with van der Waals surface area (Å²) in [6, 6.07) is 0. The Morgan fingerprint density at radius 1 is 1.92 bits per heavy atom. The zero-order valence-corrected chi connectivity index (χ0v) is 8.74. The van der Waals surface area contributed by atoms with Gasteiger partial charge in [-0.1, -0.05) is 0 Å². The Bertz CT molecular complexity index is 276. The van der Waals surface area contributed by atoms with Crippen molar-refractivity contribution in [2.24, 2.45) is 0 Å². The van der Waals surface area contributed by atoms with E-state index in [1.54, 1.807) is 12.3 Å². The van der Waals surface area contributed by atoms with Gasteiger partial charge in [0.2, 0.25) is 0 Å². The topological polar surface area (TPSA) is 51.2 Å². The van der Waals surface area contributed by atoms with Crippen LogP contribution in [0.15, 0.2) is 9.98 Å². The third kappa shape index (κ3) is 2.54. The van der Waals surface area contributed by atoms with Crippen molar-refractivity contribution in [2.45, 2.75) is 6.92 Å². The Morgan fingerprint density at radius 3 is 3.17 bits per heavy atom. The van der Waals surface area contributed by atoms with Crippen molar-refractivity contribution in [1.82, 2.24) is 10.5 Å². The molecule has 4 nitrogen and oxygen atoms in total. The largest absolute Gasteiger partial charge is 0.303 e. The lowest BCUT2D eigenvalue weighted by Crippen LogP contribution is -2.23. The molecule has 0 atom stereocenters. The molecule has 0 aliphatic carbocycles. The Morgan fingerprint density at radius 2 is 2.67 bits per heavy atom. The van der Waals surface area contributed by atoms with Crippen molar-refractivity contribution in [1.29, 1.82) is 0 Å². The molecule has 0 saturated heterocycles. The summed E-state index contributed by atoms with van der Waals surface area (Å²) in [4.78, 5) is 19.7. The van der Waals surface area contributed by atoms with Gasteiger partial charge < -0.3 is 0 Å². The van der Waals surface area contributed by atoms with Crippen molar-refractivity contribution in [2.75, 3.05) is 6.61 Å². The average Bonchev–Trinajstić information content (AvgIpc) is 2.47. The molecule has 0 spiro atoms. The second kappa shape index (κ2) is 4.54. The minimum atomic E-state index is -0.312. The van der Waals surface area contributed by atoms with Gasteiger partial charge in [-0.15, -0.1) is 11.3 Å². The summed E-state index contributed by atoms with van der Waals surface area (Å²) >= 11 is 4.41. The normalized spacial score (nSPS) is 9.83. The minimum absolute atomic E-state index is 0.312. The molecule has 0 unspecified atom stereocenters. The second-order valence-corrected chi connectivity index (χ2v) is 3.51. The summed E-state index contributed by atoms with van der Waals surface area (Å²) in [5, 5.41) is 2.12. The van der Waals surface area contributed by atoms with Gasteiger partial charge in [-0.25, -0.2) is 10.5 Å². The standard InChI is InChI=1S/C6H7BrN2O2S/c1-2-11-9-5(10)6-8-4(7)3-12-6/h3H,2H2,1H3,(H,9,10). The molecule has 0 bridgehead atoms. The lowest BCUT2D eigenvalue weighted by atomic mass is 10.7. The first-order valence-corrected chi connectivity index (χ1v) is 4.94. The first-order valence-electron chi connectivity index (χ1n) is 3.27. The van der Waals surface area contributed by atoms with Gasteiger partial charge in [0.1, 0.15) is 4.60 Å². The van der Waals surface area contributed by atoms with E-state index in [0.29, 0.717) is 16.2 Å². The number of hydroxylamine groups is 1. The lowest BCUT2D eigenvalue weighted by molar-refractivity contribution is 0.0364. The molecule has 0 aliphatic rings. The number of nitrogens with one attached hydrogen (secondary N) is 1. The highest BCUT2D eigenvalue weighted by Gasteiger charge is 2.08. The van der Waals surface area contributed by atoms with Crippen LogP contribution < -0.4 is 5.48 Å². The zero-order valence-electron chi connectivity index (χ0n) is 6.33. The van der Waals surface area contributed by atoms with E-state index in [9.17, 15) is 4.79 Å². The molecule has 0 saturated carbocycles. The Hall–Kier alpha value is -0.460. The molecule has 1 heterocycles. The summed E-state index contributed by atoms with van der Waals surface area (Å²) in [5.41, 5.74) is 2.25. The number of nitrogens with zero attached hydrogens (tertiary/aromatic N) is 1. The number of hydrogen-bond acceptors (Lipinski definition) is 4. The van der Waals surface area contributed by atoms with Crippen molar-refractivity contribution in [3.05, 3.63) is 15.0 Å². The highest BCUT2D eigenvalue weighted by Crippen LogP contribution is 2.14. The van der Waals surface area contributed by atoms with Gasteiger partial charge in [0.05, 0.1) is 6.61 Å². The second-order valence-electron chi connectivity index (χ2n) is 1.84. The Kier molecular flexibility index (Phi) is 3.64. The maximum atomic E-state index is 11.1. The molecule has 0 aliphatic heterocycles. The van der Waals surface area contributed by atoms with Crippen LogP contribution in [-0.4, -0.2) is 17.5 Å². The van der Waals surface area contributed by atoms with Crippen LogP contribution in [0.3, 0.4) is 0 Å². The van der Waals surface area contributed by atoms with E-state index in [4.69, 9.17) is 4.84 Å². The molecule has 1 amide bonds. The third-order valence-electron chi connectivity index (χ3n) is 0.980. The summed E-state index contributed by atoms with van der Waals surface area (Å²) in [6.07, 6.45) is 0. The molecule has 0 aromatic carbocycles. The van der Waals surface area contributed by atoms with Crippen LogP contribution in [0.2, 0.25) is 0 Å². The SMILES string of the molecule is CCONC(=O)c1nc(Br)cs1. The molecular weight excluding hydrogens is 244 g/mol. The van der Waals surface area contributed by atoms with Gasteiger partial charge in [-0.3, -0.25) is 9.63 Å². The Labute approximate surface area is 82.0 Å². The fourth-order valence-corrected chi connectivity index (χ4v) is 1.68. The smallest absolute Gasteiger partial charge is 0.274 e. The maximum absolute atomic E-state index is 11.1. The number of halogens is 1. The van der Waals surface area contributed by atoms with Crippen LogP contribution in [0.25, 0.3) is 0 Å². The number of aromatic nitrogens is 1. The van der Waals surface area contributed by atoms with Crippen molar-refractivity contribution in [3.8, 4) is 0 Å². The van der Waals surface area contributed by atoms with Gasteiger partial charge >= 0.3 is 5.91 Å². The van der Waals surface area contributed by atoms with E-state index >= 15 is 0 Å². The number of thiazole rings is 1. The van der Waals surface area contributed by atoms with Gasteiger partial charge in [0, 0.05) is 5.38 Å². The highest BCUT2D eigenvalue weighted by molar-refractivity contribution is 9.10. The number of hydrogen-bond donors (Lipinski definition) is 1. The minimum Gasteiger partial charge on any atom is -0.274 e. The molecule has 6 heteroatoms. The molecule has 1 rings (SSSR count). The van der Waals surface area contributed by atoms with E-state index in [2.05, 4.69) is 26.4 Å². The van der Waals surface area contributed by atoms with Crippen molar-refractivity contribution in [3.63, 3.8) is 0 Å². The predicted molar refractivity (Wildman–Crippen MR) is 48.9 cm³/mol. The van der Waals surface area contributed by atoms with E-state index in [1.165, 1.54) is 11.3 Å². The predicted octanol–water partition coefficient (Wildman–Crippen LogP) is 1.59. The molecule has 0 radical (unpaired) electrons. The number of rotatable bonds is 3. The molecule has 1 N–H and O–H groups in total. The quantitative estimate of drug-likeness (QED) is 0.830. The number of carbonyl (C=O) groups excluding carboxylic acids is 1. The molecular formula is C6H7BrN2O2S. The van der Waals surface area contributed by atoms with Crippen LogP contribution in [0.5, 0.6) is 0 Å². The third-order valence-corrected chi connectivity index (χ3v) is 2.53. The number of amides is 1. The van der Waals surface area contributed by atoms with E-state index in [0.717, 1.165) is 0 Å². The molecule has 12 heavy (non-hydrogen) atoms.